The third-order valence-corrected chi connectivity index (χ3v) is 5.44. The van der Waals surface area contributed by atoms with E-state index in [2.05, 4.69) is 26.7 Å². The van der Waals surface area contributed by atoms with Crippen molar-refractivity contribution in [2.24, 2.45) is 4.99 Å². The van der Waals surface area contributed by atoms with E-state index in [9.17, 15) is 13.2 Å². The summed E-state index contributed by atoms with van der Waals surface area (Å²) in [6, 6.07) is 7.81. The first-order valence-corrected chi connectivity index (χ1v) is 9.30. The highest BCUT2D eigenvalue weighted by molar-refractivity contribution is 7.09. The first-order valence-electron chi connectivity index (χ1n) is 8.05. The zero-order valence-electron chi connectivity index (χ0n) is 14.0. The summed E-state index contributed by atoms with van der Waals surface area (Å²) in [5.41, 5.74) is 0.357. The molecule has 1 aliphatic carbocycles. The van der Waals surface area contributed by atoms with Crippen molar-refractivity contribution in [3.8, 4) is 0 Å². The van der Waals surface area contributed by atoms with Gasteiger partial charge in [-0.1, -0.05) is 23.7 Å². The summed E-state index contributed by atoms with van der Waals surface area (Å²) in [6.07, 6.45) is -2.30. The molecule has 0 saturated heterocycles. The number of guanidine groups is 1. The second-order valence-corrected chi connectivity index (χ2v) is 7.57. The molecule has 1 aromatic carbocycles. The molecule has 1 fully saturated rings. The van der Waals surface area contributed by atoms with Gasteiger partial charge in [-0.2, -0.15) is 13.2 Å². The lowest BCUT2D eigenvalue weighted by Gasteiger charge is -2.19. The van der Waals surface area contributed by atoms with Crippen molar-refractivity contribution in [2.45, 2.75) is 31.0 Å². The Hall–Kier alpha value is -1.80. The lowest BCUT2D eigenvalue weighted by Crippen LogP contribution is -2.40. The van der Waals surface area contributed by atoms with E-state index in [0.717, 1.165) is 29.6 Å². The summed E-state index contributed by atoms with van der Waals surface area (Å²) in [5, 5.41) is 8.34. The van der Waals surface area contributed by atoms with Gasteiger partial charge in [0.05, 0.1) is 6.54 Å². The van der Waals surface area contributed by atoms with Crippen molar-refractivity contribution in [1.82, 2.24) is 15.6 Å². The number of hydrogen-bond donors (Lipinski definition) is 2. The highest BCUT2D eigenvalue weighted by Gasteiger charge is 2.44. The molecule has 1 heterocycles. The molecular formula is C17H18ClF3N4S. The van der Waals surface area contributed by atoms with Crippen LogP contribution in [0.3, 0.4) is 0 Å². The lowest BCUT2D eigenvalue weighted by atomic mass is 9.96. The maximum absolute atomic E-state index is 12.6. The second kappa shape index (κ2) is 7.44. The van der Waals surface area contributed by atoms with Gasteiger partial charge in [-0.3, -0.25) is 4.99 Å². The number of thiazole rings is 1. The Morgan fingerprint density at radius 2 is 2.12 bits per heavy atom. The minimum atomic E-state index is -4.41. The molecule has 2 N–H and O–H groups in total. The zero-order valence-corrected chi connectivity index (χ0v) is 15.6. The molecule has 0 radical (unpaired) electrons. The average Bonchev–Trinajstić information content (AvgIpc) is 3.22. The van der Waals surface area contributed by atoms with Crippen LogP contribution in [-0.4, -0.2) is 24.5 Å². The summed E-state index contributed by atoms with van der Waals surface area (Å²) in [7, 11) is 1.62. The minimum Gasteiger partial charge on any atom is -0.356 e. The summed E-state index contributed by atoms with van der Waals surface area (Å²) in [4.78, 5) is 7.72. The van der Waals surface area contributed by atoms with Gasteiger partial charge in [0.1, 0.15) is 5.01 Å². The van der Waals surface area contributed by atoms with Crippen LogP contribution in [0, 0.1) is 0 Å². The average molecular weight is 403 g/mol. The van der Waals surface area contributed by atoms with Gasteiger partial charge < -0.3 is 10.6 Å². The topological polar surface area (TPSA) is 49.3 Å². The summed E-state index contributed by atoms with van der Waals surface area (Å²) >= 11 is 7.05. The maximum Gasteiger partial charge on any atom is 0.434 e. The summed E-state index contributed by atoms with van der Waals surface area (Å²) in [6.45, 7) is 0.864. The molecule has 0 amide bonds. The standard InChI is InChI=1S/C17H18ClF3N4S/c1-22-15(23-8-14-25-13(9-26-14)17(19,20)21)24-10-16(5-6-16)11-3-2-4-12(18)7-11/h2-4,7,9H,5-6,8,10H2,1H3,(H2,22,23,24). The fourth-order valence-electron chi connectivity index (χ4n) is 2.69. The molecule has 4 nitrogen and oxygen atoms in total. The predicted molar refractivity (Wildman–Crippen MR) is 97.7 cm³/mol. The van der Waals surface area contributed by atoms with E-state index in [4.69, 9.17) is 11.6 Å². The first kappa shape index (κ1) is 19.0. The number of hydrogen-bond acceptors (Lipinski definition) is 3. The van der Waals surface area contributed by atoms with Crippen LogP contribution in [0.25, 0.3) is 0 Å². The Morgan fingerprint density at radius 3 is 2.69 bits per heavy atom. The van der Waals surface area contributed by atoms with Gasteiger partial charge in [-0.25, -0.2) is 4.98 Å². The third kappa shape index (κ3) is 4.48. The lowest BCUT2D eigenvalue weighted by molar-refractivity contribution is -0.140. The minimum absolute atomic E-state index is 0.0349. The fourth-order valence-corrected chi connectivity index (χ4v) is 3.62. The molecule has 0 spiro atoms. The molecule has 0 bridgehead atoms. The third-order valence-electron chi connectivity index (χ3n) is 4.36. The largest absolute Gasteiger partial charge is 0.434 e. The Balaban J connectivity index is 1.55. The molecule has 0 unspecified atom stereocenters. The van der Waals surface area contributed by atoms with Gasteiger partial charge in [-0.15, -0.1) is 11.3 Å². The molecule has 0 aliphatic heterocycles. The highest BCUT2D eigenvalue weighted by Crippen LogP contribution is 2.48. The van der Waals surface area contributed by atoms with Crippen LogP contribution in [0.15, 0.2) is 34.6 Å². The maximum atomic E-state index is 12.6. The van der Waals surface area contributed by atoms with Gasteiger partial charge in [0.15, 0.2) is 11.7 Å². The van der Waals surface area contributed by atoms with Gasteiger partial charge >= 0.3 is 6.18 Å². The quantitative estimate of drug-likeness (QED) is 0.581. The Labute approximate surface area is 158 Å². The number of alkyl halides is 3. The number of nitrogens with one attached hydrogen (secondary N) is 2. The summed E-state index contributed by atoms with van der Waals surface area (Å²) < 4.78 is 37.8. The number of aliphatic imine (C=N–C) groups is 1. The molecule has 140 valence electrons. The number of benzene rings is 1. The molecule has 9 heteroatoms. The molecule has 1 saturated carbocycles. The number of rotatable bonds is 5. The molecule has 1 aliphatic rings. The van der Waals surface area contributed by atoms with Crippen molar-refractivity contribution in [1.29, 1.82) is 0 Å². The highest BCUT2D eigenvalue weighted by atomic mass is 35.5. The zero-order chi connectivity index (χ0) is 18.8. The fraction of sp³-hybridized carbons (Fsp3) is 0.412. The Morgan fingerprint density at radius 1 is 1.35 bits per heavy atom. The van der Waals surface area contributed by atoms with E-state index in [1.165, 1.54) is 5.56 Å². The number of aromatic nitrogens is 1. The van der Waals surface area contributed by atoms with E-state index in [-0.39, 0.29) is 12.0 Å². The van der Waals surface area contributed by atoms with Gasteiger partial charge in [-0.05, 0) is 30.5 Å². The second-order valence-electron chi connectivity index (χ2n) is 6.19. The van der Waals surface area contributed by atoms with E-state index in [0.29, 0.717) is 22.5 Å². The normalized spacial score (nSPS) is 16.4. The van der Waals surface area contributed by atoms with Crippen LogP contribution >= 0.6 is 22.9 Å². The van der Waals surface area contributed by atoms with Crippen LogP contribution in [0.1, 0.15) is 29.1 Å². The Bertz CT molecular complexity index is 799. The summed E-state index contributed by atoms with van der Waals surface area (Å²) in [5.74, 6) is 0.530. The van der Waals surface area contributed by atoms with Crippen LogP contribution in [0.4, 0.5) is 13.2 Å². The van der Waals surface area contributed by atoms with Crippen molar-refractivity contribution < 1.29 is 13.2 Å². The van der Waals surface area contributed by atoms with Crippen LogP contribution in [0.2, 0.25) is 5.02 Å². The molecule has 3 rings (SSSR count). The number of nitrogens with zero attached hydrogens (tertiary/aromatic N) is 2. The molecule has 2 aromatic rings. The monoisotopic (exact) mass is 402 g/mol. The van der Waals surface area contributed by atoms with E-state index >= 15 is 0 Å². The van der Waals surface area contributed by atoms with E-state index in [1.807, 2.05) is 18.2 Å². The van der Waals surface area contributed by atoms with Crippen LogP contribution < -0.4 is 10.6 Å². The van der Waals surface area contributed by atoms with Crippen LogP contribution in [-0.2, 0) is 18.1 Å². The van der Waals surface area contributed by atoms with Gasteiger partial charge in [0.2, 0.25) is 0 Å². The molecular weight excluding hydrogens is 385 g/mol. The SMILES string of the molecule is CN=C(NCc1nc(C(F)(F)F)cs1)NCC1(c2cccc(Cl)c2)CC1. The van der Waals surface area contributed by atoms with E-state index < -0.39 is 11.9 Å². The molecule has 1 aromatic heterocycles. The smallest absolute Gasteiger partial charge is 0.356 e. The van der Waals surface area contributed by atoms with Crippen LogP contribution in [0.5, 0.6) is 0 Å². The van der Waals surface area contributed by atoms with Crippen molar-refractivity contribution in [3.05, 3.63) is 50.9 Å². The van der Waals surface area contributed by atoms with Crippen molar-refractivity contribution in [2.75, 3.05) is 13.6 Å². The molecule has 0 atom stereocenters. The predicted octanol–water partition coefficient (Wildman–Crippen LogP) is 4.21. The Kier molecular flexibility index (Phi) is 5.43. The van der Waals surface area contributed by atoms with Gasteiger partial charge in [0.25, 0.3) is 0 Å². The van der Waals surface area contributed by atoms with E-state index in [1.54, 1.807) is 7.05 Å². The number of halogens is 4. The van der Waals surface area contributed by atoms with Gasteiger partial charge in [0, 0.05) is 29.4 Å². The van der Waals surface area contributed by atoms with Crippen molar-refractivity contribution >= 4 is 28.9 Å². The van der Waals surface area contributed by atoms with Crippen molar-refractivity contribution in [3.63, 3.8) is 0 Å². The molecule has 26 heavy (non-hydrogen) atoms. The first-order chi connectivity index (χ1) is 12.3.